The fraction of sp³-hybridized carbons (Fsp3) is 0.364. The molecule has 2 aromatic rings. The summed E-state index contributed by atoms with van der Waals surface area (Å²) in [5.74, 6) is -0.0627. The first-order valence-corrected chi connectivity index (χ1v) is 10.8. The Kier molecular flexibility index (Phi) is 6.84. The Labute approximate surface area is 184 Å². The first-order chi connectivity index (χ1) is 14.8. The summed E-state index contributed by atoms with van der Waals surface area (Å²) in [5, 5.41) is 3.61. The molecule has 0 unspecified atom stereocenters. The summed E-state index contributed by atoms with van der Waals surface area (Å²) in [6.07, 6.45) is 0. The van der Waals surface area contributed by atoms with Crippen molar-refractivity contribution in [2.75, 3.05) is 25.3 Å². The van der Waals surface area contributed by atoms with Crippen LogP contribution in [0.25, 0.3) is 0 Å². The molecule has 0 amide bonds. The molecule has 1 atom stereocenters. The molecule has 31 heavy (non-hydrogen) atoms. The number of fused-ring (bicyclic) bond motifs is 1. The quantitative estimate of drug-likeness (QED) is 0.397. The number of aromatic nitrogens is 2. The summed E-state index contributed by atoms with van der Waals surface area (Å²) in [5.41, 5.74) is 1.89. The number of esters is 2. The van der Waals surface area contributed by atoms with Gasteiger partial charge in [0.05, 0.1) is 36.8 Å². The van der Waals surface area contributed by atoms with E-state index in [1.807, 2.05) is 0 Å². The van der Waals surface area contributed by atoms with E-state index in [9.17, 15) is 14.4 Å². The first-order valence-electron chi connectivity index (χ1n) is 9.78. The topological polar surface area (TPSA) is 110 Å². The van der Waals surface area contributed by atoms with E-state index < -0.39 is 17.9 Å². The van der Waals surface area contributed by atoms with E-state index in [2.05, 4.69) is 29.1 Å². The lowest BCUT2D eigenvalue weighted by Gasteiger charge is -2.28. The number of hydrogen-bond acceptors (Lipinski definition) is 8. The van der Waals surface area contributed by atoms with Crippen LogP contribution in [-0.2, 0) is 14.3 Å². The lowest BCUT2D eigenvalue weighted by atomic mass is 9.82. The highest BCUT2D eigenvalue weighted by molar-refractivity contribution is 7.99. The molecule has 1 aliphatic rings. The molecule has 2 heterocycles. The first kappa shape index (κ1) is 22.6. The number of methoxy groups -OCH3 is 2. The third kappa shape index (κ3) is 4.66. The summed E-state index contributed by atoms with van der Waals surface area (Å²) in [7, 11) is 2.60. The fourth-order valence-electron chi connectivity index (χ4n) is 3.39. The molecule has 1 aromatic carbocycles. The van der Waals surface area contributed by atoms with Crippen LogP contribution in [0.1, 0.15) is 48.2 Å². The molecule has 9 heteroatoms. The predicted molar refractivity (Wildman–Crippen MR) is 118 cm³/mol. The number of hydrogen-bond donors (Lipinski definition) is 2. The van der Waals surface area contributed by atoms with E-state index >= 15 is 0 Å². The average Bonchev–Trinajstić information content (AvgIpc) is 2.75. The van der Waals surface area contributed by atoms with Crippen molar-refractivity contribution in [2.24, 2.45) is 5.92 Å². The van der Waals surface area contributed by atoms with E-state index in [1.54, 1.807) is 31.2 Å². The van der Waals surface area contributed by atoms with Gasteiger partial charge in [-0.25, -0.2) is 14.6 Å². The summed E-state index contributed by atoms with van der Waals surface area (Å²) >= 11 is 1.47. The van der Waals surface area contributed by atoms with Crippen LogP contribution in [0.15, 0.2) is 45.5 Å². The molecule has 1 aliphatic heterocycles. The van der Waals surface area contributed by atoms with Crippen LogP contribution in [0.2, 0.25) is 0 Å². The number of anilines is 1. The Morgan fingerprint density at radius 2 is 1.77 bits per heavy atom. The van der Waals surface area contributed by atoms with Gasteiger partial charge in [0, 0.05) is 11.4 Å². The standard InChI is InChI=1S/C22H25N3O5S/c1-11(2)10-31-22-24-18-17(19(26)25-22)16(15(12(3)23-18)21(28)30-5)13-6-8-14(9-7-13)20(27)29-4/h6-9,11,16H,10H2,1-5H3,(H2,23,24,25,26)/t16-/m0/s1. The number of benzene rings is 1. The van der Waals surface area contributed by atoms with Gasteiger partial charge in [-0.2, -0.15) is 0 Å². The second-order valence-electron chi connectivity index (χ2n) is 7.54. The van der Waals surface area contributed by atoms with Crippen molar-refractivity contribution in [3.8, 4) is 0 Å². The highest BCUT2D eigenvalue weighted by Gasteiger charge is 2.36. The summed E-state index contributed by atoms with van der Waals surface area (Å²) in [6, 6.07) is 6.59. The minimum absolute atomic E-state index is 0.315. The SMILES string of the molecule is COC(=O)C1=C(C)Nc2nc(SCC(C)C)[nH]c(=O)c2[C@H]1c1ccc(C(=O)OC)cc1. The minimum Gasteiger partial charge on any atom is -0.466 e. The fourth-order valence-corrected chi connectivity index (χ4v) is 4.20. The Hall–Kier alpha value is -3.07. The van der Waals surface area contributed by atoms with E-state index in [4.69, 9.17) is 9.47 Å². The Morgan fingerprint density at radius 1 is 1.13 bits per heavy atom. The molecule has 3 rings (SSSR count). The van der Waals surface area contributed by atoms with Gasteiger partial charge < -0.3 is 19.8 Å². The Morgan fingerprint density at radius 3 is 2.35 bits per heavy atom. The van der Waals surface area contributed by atoms with Crippen molar-refractivity contribution < 1.29 is 19.1 Å². The van der Waals surface area contributed by atoms with Crippen LogP contribution in [-0.4, -0.2) is 41.9 Å². The van der Waals surface area contributed by atoms with Crippen molar-refractivity contribution in [2.45, 2.75) is 31.8 Å². The predicted octanol–water partition coefficient (Wildman–Crippen LogP) is 3.31. The van der Waals surface area contributed by atoms with E-state index in [0.29, 0.717) is 44.9 Å². The molecule has 0 radical (unpaired) electrons. The number of H-pyrrole nitrogens is 1. The van der Waals surface area contributed by atoms with Gasteiger partial charge in [-0.3, -0.25) is 4.79 Å². The van der Waals surface area contributed by atoms with Gasteiger partial charge in [-0.05, 0) is 30.5 Å². The van der Waals surface area contributed by atoms with Crippen molar-refractivity contribution in [3.63, 3.8) is 0 Å². The van der Waals surface area contributed by atoms with E-state index in [0.717, 1.165) is 5.75 Å². The van der Waals surface area contributed by atoms with Crippen LogP contribution >= 0.6 is 11.8 Å². The third-order valence-corrected chi connectivity index (χ3v) is 6.14. The maximum absolute atomic E-state index is 13.1. The number of ether oxygens (including phenoxy) is 2. The second-order valence-corrected chi connectivity index (χ2v) is 8.55. The van der Waals surface area contributed by atoms with Gasteiger partial charge in [0.1, 0.15) is 5.82 Å². The van der Waals surface area contributed by atoms with Crippen molar-refractivity contribution >= 4 is 29.5 Å². The molecule has 0 saturated heterocycles. The summed E-state index contributed by atoms with van der Waals surface area (Å²) < 4.78 is 9.73. The van der Waals surface area contributed by atoms with Gasteiger partial charge in [-0.1, -0.05) is 37.7 Å². The van der Waals surface area contributed by atoms with E-state index in [1.165, 1.54) is 26.0 Å². The molecule has 8 nitrogen and oxygen atoms in total. The highest BCUT2D eigenvalue weighted by Crippen LogP contribution is 2.40. The largest absolute Gasteiger partial charge is 0.466 e. The molecule has 0 bridgehead atoms. The number of nitrogens with one attached hydrogen (secondary N) is 2. The highest BCUT2D eigenvalue weighted by atomic mass is 32.2. The van der Waals surface area contributed by atoms with Gasteiger partial charge in [0.25, 0.3) is 5.56 Å². The smallest absolute Gasteiger partial charge is 0.337 e. The van der Waals surface area contributed by atoms with Crippen LogP contribution < -0.4 is 10.9 Å². The minimum atomic E-state index is -0.698. The number of allylic oxidation sites excluding steroid dienone is 1. The van der Waals surface area contributed by atoms with Crippen LogP contribution in [0, 0.1) is 5.92 Å². The maximum Gasteiger partial charge on any atom is 0.337 e. The summed E-state index contributed by atoms with van der Waals surface area (Å²) in [6.45, 7) is 5.92. The number of nitrogens with zero attached hydrogens (tertiary/aromatic N) is 1. The lowest BCUT2D eigenvalue weighted by molar-refractivity contribution is -0.136. The molecular weight excluding hydrogens is 418 g/mol. The maximum atomic E-state index is 13.1. The number of carbonyl (C=O) groups excluding carboxylic acids is 2. The van der Waals surface area contributed by atoms with Crippen LogP contribution in [0.5, 0.6) is 0 Å². The average molecular weight is 444 g/mol. The lowest BCUT2D eigenvalue weighted by Crippen LogP contribution is -2.31. The molecule has 2 N–H and O–H groups in total. The zero-order valence-corrected chi connectivity index (χ0v) is 18.9. The zero-order chi connectivity index (χ0) is 22.7. The van der Waals surface area contributed by atoms with Crippen molar-refractivity contribution in [3.05, 3.63) is 62.6 Å². The van der Waals surface area contributed by atoms with Crippen molar-refractivity contribution in [1.29, 1.82) is 0 Å². The van der Waals surface area contributed by atoms with Gasteiger partial charge in [-0.15, -0.1) is 0 Å². The molecule has 164 valence electrons. The van der Waals surface area contributed by atoms with Gasteiger partial charge in [0.2, 0.25) is 0 Å². The molecule has 0 fully saturated rings. The monoisotopic (exact) mass is 443 g/mol. The van der Waals surface area contributed by atoms with Crippen LogP contribution in [0.4, 0.5) is 5.82 Å². The summed E-state index contributed by atoms with van der Waals surface area (Å²) in [4.78, 5) is 44.9. The molecular formula is C22H25N3O5S. The molecule has 0 aliphatic carbocycles. The molecule has 0 saturated carbocycles. The van der Waals surface area contributed by atoms with Crippen LogP contribution in [0.3, 0.4) is 0 Å². The number of carbonyl (C=O) groups is 2. The molecule has 1 aromatic heterocycles. The Bertz CT molecular complexity index is 1090. The number of aromatic amines is 1. The number of thioether (sulfide) groups is 1. The van der Waals surface area contributed by atoms with Gasteiger partial charge in [0.15, 0.2) is 5.16 Å². The second kappa shape index (κ2) is 9.38. The third-order valence-electron chi connectivity index (χ3n) is 4.84. The normalized spacial score (nSPS) is 15.4. The zero-order valence-electron chi connectivity index (χ0n) is 18.1. The number of rotatable bonds is 6. The van der Waals surface area contributed by atoms with Gasteiger partial charge >= 0.3 is 11.9 Å². The van der Waals surface area contributed by atoms with Crippen molar-refractivity contribution in [1.82, 2.24) is 9.97 Å². The molecule has 0 spiro atoms. The Balaban J connectivity index is 2.14. The van der Waals surface area contributed by atoms with E-state index in [-0.39, 0.29) is 5.56 Å².